The Morgan fingerprint density at radius 1 is 0.804 bits per heavy atom. The number of carbonyl (C=O) groups is 5. The number of benzene rings is 3. The van der Waals surface area contributed by atoms with Gasteiger partial charge in [0, 0.05) is 33.1 Å². The normalized spacial score (nSPS) is 11.7. The van der Waals surface area contributed by atoms with Crippen LogP contribution in [-0.4, -0.2) is 77.7 Å². The lowest BCUT2D eigenvalue weighted by Crippen LogP contribution is -2.48. The minimum absolute atomic E-state index is 0.104. The Hall–Kier alpha value is -6.13. The Kier molecular flexibility index (Phi) is 17.0. The summed E-state index contributed by atoms with van der Waals surface area (Å²) in [6, 6.07) is 23.7. The van der Waals surface area contributed by atoms with Crippen LogP contribution >= 0.6 is 0 Å². The maximum absolute atomic E-state index is 13.7. The van der Waals surface area contributed by atoms with Crippen LogP contribution in [0.2, 0.25) is 0 Å². The van der Waals surface area contributed by atoms with Gasteiger partial charge in [-0.25, -0.2) is 9.59 Å². The fraction of sp³-hybridized carbons (Fsp3) is 0.294. The van der Waals surface area contributed by atoms with Gasteiger partial charge in [-0.15, -0.1) is 0 Å². The number of phenols is 1. The number of rotatable bonds is 14. The molecule has 0 saturated heterocycles. The molecule has 17 heteroatoms. The first-order chi connectivity index (χ1) is 24.2. The minimum atomic E-state index is -5.08. The zero-order valence-electron chi connectivity index (χ0n) is 27.6. The third-order valence-corrected chi connectivity index (χ3v) is 6.77. The molecule has 0 aliphatic carbocycles. The Labute approximate surface area is 291 Å². The summed E-state index contributed by atoms with van der Waals surface area (Å²) >= 11 is 0. The number of aliphatic carboxylic acids is 1. The van der Waals surface area contributed by atoms with Crippen molar-refractivity contribution in [2.24, 2.45) is 10.7 Å². The van der Waals surface area contributed by atoms with E-state index in [0.29, 0.717) is 6.42 Å². The molecule has 51 heavy (non-hydrogen) atoms. The van der Waals surface area contributed by atoms with Crippen molar-refractivity contribution < 1.29 is 47.4 Å². The molecule has 3 aromatic rings. The average molecular weight is 716 g/mol. The predicted molar refractivity (Wildman–Crippen MR) is 181 cm³/mol. The van der Waals surface area contributed by atoms with E-state index >= 15 is 0 Å². The van der Waals surface area contributed by atoms with Gasteiger partial charge in [0.05, 0.1) is 5.92 Å². The van der Waals surface area contributed by atoms with Crippen molar-refractivity contribution in [2.75, 3.05) is 19.6 Å². The van der Waals surface area contributed by atoms with Crippen LogP contribution in [-0.2, 0) is 25.7 Å². The molecule has 1 atom stereocenters. The highest BCUT2D eigenvalue weighted by atomic mass is 19.4. The van der Waals surface area contributed by atoms with Crippen LogP contribution in [0, 0.1) is 0 Å². The number of carboxylic acids is 1. The Morgan fingerprint density at radius 2 is 1.33 bits per heavy atom. The van der Waals surface area contributed by atoms with E-state index in [1.54, 1.807) is 12.1 Å². The minimum Gasteiger partial charge on any atom is -0.508 e. The van der Waals surface area contributed by atoms with Crippen LogP contribution < -0.4 is 32.3 Å². The van der Waals surface area contributed by atoms with Gasteiger partial charge in [0.1, 0.15) is 11.8 Å². The Balaban J connectivity index is 0.00000116. The summed E-state index contributed by atoms with van der Waals surface area (Å²) in [4.78, 5) is 63.0. The largest absolute Gasteiger partial charge is 0.508 e. The SMILES string of the molecule is CC(=O)NCCNC(=O)NC(N)=NCCC[C@@H](NC(=O)C(c1ccccc1)c1ccccc1)C(=O)NCc1ccc(O)cc1.O=C(O)C(F)(F)F. The van der Waals surface area contributed by atoms with Gasteiger partial charge in [0.15, 0.2) is 5.96 Å². The smallest absolute Gasteiger partial charge is 0.490 e. The van der Waals surface area contributed by atoms with E-state index in [1.807, 2.05) is 60.7 Å². The number of aliphatic imine (C=N–C) groups is 1. The van der Waals surface area contributed by atoms with Gasteiger partial charge in [0.25, 0.3) is 0 Å². The van der Waals surface area contributed by atoms with Gasteiger partial charge in [-0.3, -0.25) is 24.7 Å². The number of alkyl halides is 3. The van der Waals surface area contributed by atoms with Gasteiger partial charge in [0.2, 0.25) is 17.7 Å². The molecule has 14 nitrogen and oxygen atoms in total. The summed E-state index contributed by atoms with van der Waals surface area (Å²) in [5.74, 6) is -4.28. The van der Waals surface area contributed by atoms with Gasteiger partial charge in [-0.1, -0.05) is 72.8 Å². The molecule has 3 rings (SSSR count). The fourth-order valence-electron chi connectivity index (χ4n) is 4.35. The first kappa shape index (κ1) is 41.0. The highest BCUT2D eigenvalue weighted by Crippen LogP contribution is 2.25. The zero-order chi connectivity index (χ0) is 37.8. The number of guanidine groups is 1. The standard InChI is InChI=1S/C32H39N7O5.C2HF3O2/c1-22(40)34-19-20-36-32(44)39-31(33)35-18-8-13-27(29(42)37-21-23-14-16-26(41)17-15-23)38-30(43)28(24-9-4-2-5-10-24)25-11-6-3-7-12-25;3-2(4,5)1(6)7/h2-7,9-12,14-17,27-28,41H,8,13,18-21H2,1H3,(H,34,40)(H,37,42)(H,38,43)(H4,33,35,36,39,44);(H,6,7)/t27-;/m1./s1. The summed E-state index contributed by atoms with van der Waals surface area (Å²) in [6.07, 6.45) is -4.45. The number of urea groups is 1. The van der Waals surface area contributed by atoms with Crippen LogP contribution in [0.25, 0.3) is 0 Å². The van der Waals surface area contributed by atoms with Crippen molar-refractivity contribution in [3.05, 3.63) is 102 Å². The number of carboxylic acid groups (broad SMARTS) is 1. The third kappa shape index (κ3) is 16.2. The van der Waals surface area contributed by atoms with E-state index in [9.17, 15) is 37.5 Å². The maximum Gasteiger partial charge on any atom is 0.490 e. The molecule has 0 unspecified atom stereocenters. The fourth-order valence-corrected chi connectivity index (χ4v) is 4.35. The van der Waals surface area contributed by atoms with Crippen molar-refractivity contribution >= 4 is 35.7 Å². The molecule has 0 fully saturated rings. The zero-order valence-corrected chi connectivity index (χ0v) is 27.6. The van der Waals surface area contributed by atoms with Gasteiger partial charge in [-0.2, -0.15) is 13.2 Å². The molecule has 0 bridgehead atoms. The van der Waals surface area contributed by atoms with Crippen molar-refractivity contribution in [2.45, 2.75) is 44.4 Å². The highest BCUT2D eigenvalue weighted by Gasteiger charge is 2.38. The van der Waals surface area contributed by atoms with Crippen molar-refractivity contribution in [1.82, 2.24) is 26.6 Å². The maximum atomic E-state index is 13.7. The molecule has 0 aliphatic rings. The van der Waals surface area contributed by atoms with Crippen molar-refractivity contribution in [1.29, 1.82) is 0 Å². The van der Waals surface area contributed by atoms with Crippen LogP contribution in [0.3, 0.4) is 0 Å². The van der Waals surface area contributed by atoms with E-state index in [0.717, 1.165) is 16.7 Å². The Bertz CT molecular complexity index is 1570. The molecule has 0 spiro atoms. The second-order valence-corrected chi connectivity index (χ2v) is 10.8. The topological polar surface area (TPSA) is 224 Å². The van der Waals surface area contributed by atoms with E-state index in [2.05, 4.69) is 31.6 Å². The number of hydrogen-bond acceptors (Lipinski definition) is 7. The molecule has 0 heterocycles. The molecular formula is C34H40F3N7O7. The summed E-state index contributed by atoms with van der Waals surface area (Å²) in [5.41, 5.74) is 8.18. The molecule has 9 N–H and O–H groups in total. The average Bonchev–Trinajstić information content (AvgIpc) is 3.08. The number of hydrogen-bond donors (Lipinski definition) is 8. The molecule has 0 aliphatic heterocycles. The summed E-state index contributed by atoms with van der Waals surface area (Å²) in [5, 5.41) is 30.0. The molecule has 0 radical (unpaired) electrons. The van der Waals surface area contributed by atoms with Crippen LogP contribution in [0.15, 0.2) is 89.9 Å². The van der Waals surface area contributed by atoms with E-state index in [-0.39, 0.29) is 62.0 Å². The van der Waals surface area contributed by atoms with Crippen molar-refractivity contribution in [3.8, 4) is 5.75 Å². The second-order valence-electron chi connectivity index (χ2n) is 10.8. The van der Waals surface area contributed by atoms with Crippen LogP contribution in [0.5, 0.6) is 5.75 Å². The lowest BCUT2D eigenvalue weighted by Gasteiger charge is -2.23. The molecular weight excluding hydrogens is 675 g/mol. The van der Waals surface area contributed by atoms with E-state index in [4.69, 9.17) is 15.6 Å². The monoisotopic (exact) mass is 715 g/mol. The number of carbonyl (C=O) groups excluding carboxylic acids is 4. The Morgan fingerprint density at radius 3 is 1.84 bits per heavy atom. The molecule has 5 amide bonds. The second kappa shape index (κ2) is 21.1. The third-order valence-electron chi connectivity index (χ3n) is 6.77. The lowest BCUT2D eigenvalue weighted by atomic mass is 9.90. The summed E-state index contributed by atoms with van der Waals surface area (Å²) in [7, 11) is 0. The number of phenolic OH excluding ortho intramolecular Hbond substituents is 1. The van der Waals surface area contributed by atoms with E-state index < -0.39 is 30.1 Å². The number of halogens is 3. The first-order valence-corrected chi connectivity index (χ1v) is 15.5. The lowest BCUT2D eigenvalue weighted by molar-refractivity contribution is -0.192. The molecule has 0 aromatic heterocycles. The van der Waals surface area contributed by atoms with Gasteiger partial charge >= 0.3 is 18.2 Å². The number of nitrogens with two attached hydrogens (primary N) is 1. The van der Waals surface area contributed by atoms with E-state index in [1.165, 1.54) is 19.1 Å². The highest BCUT2D eigenvalue weighted by molar-refractivity contribution is 5.95. The van der Waals surface area contributed by atoms with Crippen LogP contribution in [0.1, 0.15) is 42.4 Å². The molecule has 274 valence electrons. The first-order valence-electron chi connectivity index (χ1n) is 15.5. The molecule has 0 saturated carbocycles. The number of nitrogens with one attached hydrogen (secondary N) is 5. The quantitative estimate of drug-likeness (QED) is 0.0702. The molecule has 3 aromatic carbocycles. The predicted octanol–water partition coefficient (Wildman–Crippen LogP) is 2.49. The van der Waals surface area contributed by atoms with Crippen LogP contribution in [0.4, 0.5) is 18.0 Å². The van der Waals surface area contributed by atoms with Crippen molar-refractivity contribution in [3.63, 3.8) is 0 Å². The number of amides is 5. The summed E-state index contributed by atoms with van der Waals surface area (Å²) in [6.45, 7) is 2.27. The van der Waals surface area contributed by atoms with Gasteiger partial charge < -0.3 is 37.2 Å². The number of aromatic hydroxyl groups is 1. The van der Waals surface area contributed by atoms with Gasteiger partial charge in [-0.05, 0) is 41.7 Å². The number of nitrogens with zero attached hydrogens (tertiary/aromatic N) is 1. The summed E-state index contributed by atoms with van der Waals surface area (Å²) < 4.78 is 31.7.